The van der Waals surface area contributed by atoms with Crippen LogP contribution in [0.3, 0.4) is 0 Å². The normalized spacial score (nSPS) is 13.9. The van der Waals surface area contributed by atoms with E-state index in [1.807, 2.05) is 0 Å². The van der Waals surface area contributed by atoms with Gasteiger partial charge in [-0.25, -0.2) is 4.79 Å². The minimum atomic E-state index is -0.670. The summed E-state index contributed by atoms with van der Waals surface area (Å²) in [6.45, 7) is 0.480. The van der Waals surface area contributed by atoms with Crippen molar-refractivity contribution in [2.45, 2.75) is 6.42 Å². The highest BCUT2D eigenvalue weighted by atomic mass is 16.5. The van der Waals surface area contributed by atoms with Crippen molar-refractivity contribution in [2.24, 2.45) is 0 Å². The van der Waals surface area contributed by atoms with Gasteiger partial charge in [-0.15, -0.1) is 0 Å². The third-order valence-corrected chi connectivity index (χ3v) is 3.33. The molecule has 0 aliphatic carbocycles. The topological polar surface area (TPSA) is 78.1 Å². The van der Waals surface area contributed by atoms with Gasteiger partial charge in [-0.05, 0) is 12.1 Å². The van der Waals surface area contributed by atoms with Crippen molar-refractivity contribution in [1.82, 2.24) is 0 Å². The first-order valence-electron chi connectivity index (χ1n) is 6.41. The first-order chi connectivity index (χ1) is 10.2. The quantitative estimate of drug-likeness (QED) is 0.874. The van der Waals surface area contributed by atoms with Crippen molar-refractivity contribution in [2.75, 3.05) is 20.8 Å². The summed E-state index contributed by atoms with van der Waals surface area (Å²) in [6, 6.07) is 3.16. The van der Waals surface area contributed by atoms with Gasteiger partial charge in [0.1, 0.15) is 22.8 Å². The Bertz CT molecular complexity index is 787. The van der Waals surface area contributed by atoms with Gasteiger partial charge in [-0.1, -0.05) is 0 Å². The molecule has 1 N–H and O–H groups in total. The number of hydrogen-bond acceptors (Lipinski definition) is 6. The number of benzene rings is 1. The standard InChI is InChI=1S/C15H14O6/c1-18-8-6-9-13(16)12(10-4-3-5-20-10)15(17)21-14(9)11(7-8)19-2/h4,6-7,16H,3,5H2,1-2H3. The van der Waals surface area contributed by atoms with E-state index in [4.69, 9.17) is 18.6 Å². The van der Waals surface area contributed by atoms with Crippen LogP contribution in [0.25, 0.3) is 16.7 Å². The van der Waals surface area contributed by atoms with Crippen molar-refractivity contribution >= 4 is 16.7 Å². The Balaban J connectivity index is 2.35. The van der Waals surface area contributed by atoms with E-state index in [1.54, 1.807) is 18.2 Å². The second kappa shape index (κ2) is 5.05. The fraction of sp³-hybridized carbons (Fsp3) is 0.267. The Labute approximate surface area is 120 Å². The summed E-state index contributed by atoms with van der Waals surface area (Å²) in [7, 11) is 2.95. The Morgan fingerprint density at radius 1 is 1.24 bits per heavy atom. The molecule has 1 aromatic carbocycles. The smallest absolute Gasteiger partial charge is 0.351 e. The second-order valence-corrected chi connectivity index (χ2v) is 4.52. The molecule has 2 aromatic rings. The number of hydrogen-bond donors (Lipinski definition) is 1. The number of rotatable bonds is 3. The molecule has 21 heavy (non-hydrogen) atoms. The molecule has 6 nitrogen and oxygen atoms in total. The molecule has 0 radical (unpaired) electrons. The Morgan fingerprint density at radius 3 is 2.67 bits per heavy atom. The summed E-state index contributed by atoms with van der Waals surface area (Å²) in [5.74, 6) is 0.928. The molecule has 0 amide bonds. The number of aromatic hydroxyl groups is 1. The van der Waals surface area contributed by atoms with Crippen LogP contribution in [0.1, 0.15) is 12.0 Å². The number of methoxy groups -OCH3 is 2. The highest BCUT2D eigenvalue weighted by Crippen LogP contribution is 2.38. The van der Waals surface area contributed by atoms with Gasteiger partial charge in [-0.3, -0.25) is 0 Å². The van der Waals surface area contributed by atoms with Gasteiger partial charge < -0.3 is 23.7 Å². The molecule has 2 heterocycles. The summed E-state index contributed by atoms with van der Waals surface area (Å²) < 4.78 is 21.0. The fourth-order valence-electron chi connectivity index (χ4n) is 2.31. The van der Waals surface area contributed by atoms with Crippen molar-refractivity contribution < 1.29 is 23.7 Å². The van der Waals surface area contributed by atoms with Crippen LogP contribution in [0.15, 0.2) is 27.4 Å². The third-order valence-electron chi connectivity index (χ3n) is 3.33. The average molecular weight is 290 g/mol. The van der Waals surface area contributed by atoms with Gasteiger partial charge in [0, 0.05) is 12.5 Å². The van der Waals surface area contributed by atoms with Crippen LogP contribution in [0.2, 0.25) is 0 Å². The van der Waals surface area contributed by atoms with Crippen LogP contribution >= 0.6 is 0 Å². The first-order valence-corrected chi connectivity index (χ1v) is 6.41. The van der Waals surface area contributed by atoms with Crippen LogP contribution in [-0.4, -0.2) is 25.9 Å². The summed E-state index contributed by atoms with van der Waals surface area (Å²) in [5.41, 5.74) is -0.477. The lowest BCUT2D eigenvalue weighted by molar-refractivity contribution is 0.303. The highest BCUT2D eigenvalue weighted by molar-refractivity contribution is 5.92. The molecule has 0 fully saturated rings. The van der Waals surface area contributed by atoms with Gasteiger partial charge in [0.15, 0.2) is 11.3 Å². The van der Waals surface area contributed by atoms with Crippen LogP contribution in [0.5, 0.6) is 17.2 Å². The summed E-state index contributed by atoms with van der Waals surface area (Å²) in [6.07, 6.45) is 2.43. The maximum Gasteiger partial charge on any atom is 0.351 e. The second-order valence-electron chi connectivity index (χ2n) is 4.52. The molecular formula is C15H14O6. The van der Waals surface area contributed by atoms with Gasteiger partial charge in [0.2, 0.25) is 0 Å². The van der Waals surface area contributed by atoms with Crippen molar-refractivity contribution in [3.63, 3.8) is 0 Å². The van der Waals surface area contributed by atoms with Crippen molar-refractivity contribution in [3.8, 4) is 17.2 Å². The van der Waals surface area contributed by atoms with E-state index in [-0.39, 0.29) is 16.9 Å². The van der Waals surface area contributed by atoms with Crippen molar-refractivity contribution in [1.29, 1.82) is 0 Å². The molecule has 110 valence electrons. The molecule has 0 spiro atoms. The number of fused-ring (bicyclic) bond motifs is 1. The monoisotopic (exact) mass is 290 g/mol. The van der Waals surface area contributed by atoms with E-state index in [1.165, 1.54) is 14.2 Å². The maximum absolute atomic E-state index is 12.1. The van der Waals surface area contributed by atoms with Gasteiger partial charge >= 0.3 is 5.63 Å². The van der Waals surface area contributed by atoms with Crippen LogP contribution < -0.4 is 15.1 Å². The molecule has 1 aliphatic rings. The molecular weight excluding hydrogens is 276 g/mol. The number of ether oxygens (including phenoxy) is 3. The summed E-state index contributed by atoms with van der Waals surface area (Å²) in [4.78, 5) is 12.1. The molecule has 1 aliphatic heterocycles. The van der Waals surface area contributed by atoms with E-state index in [0.717, 1.165) is 0 Å². The molecule has 0 atom stereocenters. The average Bonchev–Trinajstić information content (AvgIpc) is 3.00. The minimum absolute atomic E-state index is 0.0234. The zero-order chi connectivity index (χ0) is 15.0. The third kappa shape index (κ3) is 2.08. The molecule has 3 rings (SSSR count). The van der Waals surface area contributed by atoms with Gasteiger partial charge in [0.05, 0.1) is 26.2 Å². The lowest BCUT2D eigenvalue weighted by Crippen LogP contribution is -2.08. The zero-order valence-electron chi connectivity index (χ0n) is 11.6. The maximum atomic E-state index is 12.1. The summed E-state index contributed by atoms with van der Waals surface area (Å²) in [5, 5.41) is 10.8. The van der Waals surface area contributed by atoms with Gasteiger partial charge in [0.25, 0.3) is 0 Å². The van der Waals surface area contributed by atoms with E-state index >= 15 is 0 Å². The van der Waals surface area contributed by atoms with Gasteiger partial charge in [-0.2, -0.15) is 0 Å². The molecule has 0 unspecified atom stereocenters. The van der Waals surface area contributed by atoms with E-state index in [0.29, 0.717) is 35.7 Å². The van der Waals surface area contributed by atoms with Crippen LogP contribution in [0.4, 0.5) is 0 Å². The fourth-order valence-corrected chi connectivity index (χ4v) is 2.31. The predicted octanol–water partition coefficient (Wildman–Crippen LogP) is 2.28. The SMILES string of the molecule is COc1cc(OC)c2oc(=O)c(C3=CCCO3)c(O)c2c1. The van der Waals surface area contributed by atoms with Crippen LogP contribution in [0, 0.1) is 0 Å². The first kappa shape index (κ1) is 13.4. The Kier molecular flexibility index (Phi) is 3.21. The molecule has 1 aromatic heterocycles. The zero-order valence-corrected chi connectivity index (χ0v) is 11.6. The van der Waals surface area contributed by atoms with E-state index in [9.17, 15) is 9.90 Å². The largest absolute Gasteiger partial charge is 0.506 e. The Hall–Kier alpha value is -2.63. The van der Waals surface area contributed by atoms with E-state index < -0.39 is 5.63 Å². The highest BCUT2D eigenvalue weighted by Gasteiger charge is 2.23. The van der Waals surface area contributed by atoms with Crippen molar-refractivity contribution in [3.05, 3.63) is 34.2 Å². The lowest BCUT2D eigenvalue weighted by Gasteiger charge is -2.11. The molecule has 0 saturated carbocycles. The minimum Gasteiger partial charge on any atom is -0.506 e. The summed E-state index contributed by atoms with van der Waals surface area (Å²) >= 11 is 0. The molecule has 0 bridgehead atoms. The van der Waals surface area contributed by atoms with Crippen LogP contribution in [-0.2, 0) is 4.74 Å². The molecule has 0 saturated heterocycles. The Morgan fingerprint density at radius 2 is 2.05 bits per heavy atom. The molecule has 6 heteroatoms. The lowest BCUT2D eigenvalue weighted by atomic mass is 10.1. The van der Waals surface area contributed by atoms with E-state index in [2.05, 4.69) is 0 Å². The predicted molar refractivity (Wildman–Crippen MR) is 75.8 cm³/mol.